The lowest BCUT2D eigenvalue weighted by molar-refractivity contribution is 0.325. The number of fused-ring (bicyclic) bond motifs is 1. The Hall–Kier alpha value is -2.24. The topological polar surface area (TPSA) is 52.0 Å². The average Bonchev–Trinajstić information content (AvgIpc) is 3.13. The maximum atomic E-state index is 6.22. The third-order valence-electron chi connectivity index (χ3n) is 4.55. The maximum absolute atomic E-state index is 6.22. The number of halogens is 2. The molecule has 0 spiro atoms. The van der Waals surface area contributed by atoms with Gasteiger partial charge in [0.15, 0.2) is 0 Å². The largest absolute Gasteiger partial charge is 0.494 e. The van der Waals surface area contributed by atoms with E-state index in [9.17, 15) is 0 Å². The number of rotatable bonds is 4. The minimum absolute atomic E-state index is 0.0101. The lowest BCUT2D eigenvalue weighted by Crippen LogP contribution is -2.28. The van der Waals surface area contributed by atoms with E-state index in [2.05, 4.69) is 21.5 Å². The summed E-state index contributed by atoms with van der Waals surface area (Å²) in [6, 6.07) is 13.8. The first-order valence-electron chi connectivity index (χ1n) is 8.50. The molecule has 0 fully saturated rings. The Balaban J connectivity index is 1.75. The minimum Gasteiger partial charge on any atom is -0.494 e. The van der Waals surface area contributed by atoms with Gasteiger partial charge in [0.1, 0.15) is 12.1 Å². The van der Waals surface area contributed by atoms with E-state index in [-0.39, 0.29) is 12.1 Å². The summed E-state index contributed by atoms with van der Waals surface area (Å²) in [6.07, 6.45) is 2.36. The van der Waals surface area contributed by atoms with Crippen LogP contribution in [0.25, 0.3) is 0 Å². The van der Waals surface area contributed by atoms with Gasteiger partial charge in [-0.3, -0.25) is 0 Å². The van der Waals surface area contributed by atoms with Gasteiger partial charge in [-0.2, -0.15) is 10.1 Å². The second-order valence-electron chi connectivity index (χ2n) is 6.12. The molecule has 0 saturated heterocycles. The monoisotopic (exact) mass is 388 g/mol. The molecule has 5 nitrogen and oxygen atoms in total. The third-order valence-corrected chi connectivity index (χ3v) is 5.29. The minimum atomic E-state index is 0.0101. The number of hydrogen-bond acceptors (Lipinski definition) is 4. The highest BCUT2D eigenvalue weighted by Crippen LogP contribution is 2.41. The van der Waals surface area contributed by atoms with Crippen molar-refractivity contribution in [3.05, 3.63) is 70.0 Å². The van der Waals surface area contributed by atoms with Crippen molar-refractivity contribution in [3.63, 3.8) is 0 Å². The highest BCUT2D eigenvalue weighted by Gasteiger charge is 2.31. The van der Waals surface area contributed by atoms with Gasteiger partial charge in [-0.25, -0.2) is 4.68 Å². The highest BCUT2D eigenvalue weighted by atomic mass is 35.5. The van der Waals surface area contributed by atoms with Crippen molar-refractivity contribution in [3.8, 4) is 5.75 Å². The van der Waals surface area contributed by atoms with Gasteiger partial charge in [0, 0.05) is 5.56 Å². The molecule has 1 aliphatic heterocycles. The number of aromatic nitrogens is 3. The first-order valence-corrected chi connectivity index (χ1v) is 9.25. The van der Waals surface area contributed by atoms with Crippen LogP contribution in [-0.2, 0) is 0 Å². The van der Waals surface area contributed by atoms with Gasteiger partial charge in [0.2, 0.25) is 5.95 Å². The summed E-state index contributed by atoms with van der Waals surface area (Å²) < 4.78 is 7.75. The van der Waals surface area contributed by atoms with E-state index < -0.39 is 0 Å². The fourth-order valence-corrected chi connectivity index (χ4v) is 3.68. The number of anilines is 1. The van der Waals surface area contributed by atoms with E-state index in [1.54, 1.807) is 6.33 Å². The van der Waals surface area contributed by atoms with E-state index >= 15 is 0 Å². The summed E-state index contributed by atoms with van der Waals surface area (Å²) in [5, 5.41) is 8.95. The van der Waals surface area contributed by atoms with E-state index in [4.69, 9.17) is 27.9 Å². The Labute approximate surface area is 161 Å². The maximum Gasteiger partial charge on any atom is 0.222 e. The van der Waals surface area contributed by atoms with Crippen molar-refractivity contribution < 1.29 is 4.74 Å². The number of nitrogens with zero attached hydrogens (tertiary/aromatic N) is 3. The summed E-state index contributed by atoms with van der Waals surface area (Å²) in [5.74, 6) is 1.60. The Morgan fingerprint density at radius 3 is 2.85 bits per heavy atom. The number of nitrogens with one attached hydrogen (secondary N) is 1. The van der Waals surface area contributed by atoms with E-state index in [1.165, 1.54) is 0 Å². The van der Waals surface area contributed by atoms with E-state index in [1.807, 2.05) is 48.0 Å². The number of benzene rings is 2. The van der Waals surface area contributed by atoms with Crippen molar-refractivity contribution in [1.29, 1.82) is 0 Å². The normalized spacial score (nSPS) is 18.9. The van der Waals surface area contributed by atoms with Crippen LogP contribution in [0.3, 0.4) is 0 Å². The van der Waals surface area contributed by atoms with Crippen molar-refractivity contribution >= 4 is 29.2 Å². The standard InChI is InChI=1S/C19H18Cl2N4O/c1-2-26-18-6-4-3-5-13(18)17-10-16(24-19-22-11-23-25(17)19)12-7-8-14(20)15(21)9-12/h3-9,11,16-17H,2,10H2,1H3,(H,22,23,24)/t16-,17-/m1/s1. The molecule has 0 bridgehead atoms. The molecule has 3 aromatic rings. The van der Waals surface area contributed by atoms with Crippen LogP contribution >= 0.6 is 23.2 Å². The summed E-state index contributed by atoms with van der Waals surface area (Å²) >= 11 is 12.3. The first-order chi connectivity index (χ1) is 12.7. The second-order valence-corrected chi connectivity index (χ2v) is 6.94. The van der Waals surface area contributed by atoms with Crippen LogP contribution < -0.4 is 10.1 Å². The third kappa shape index (κ3) is 3.13. The molecular formula is C19H18Cl2N4O. The van der Waals surface area contributed by atoms with E-state index in [0.29, 0.717) is 16.7 Å². The summed E-state index contributed by atoms with van der Waals surface area (Å²) in [4.78, 5) is 4.36. The van der Waals surface area contributed by atoms with Crippen LogP contribution in [0.5, 0.6) is 5.75 Å². The van der Waals surface area contributed by atoms with Crippen molar-refractivity contribution in [2.45, 2.75) is 25.4 Å². The summed E-state index contributed by atoms with van der Waals surface area (Å²) in [6.45, 7) is 2.60. The van der Waals surface area contributed by atoms with Crippen LogP contribution in [0.2, 0.25) is 10.0 Å². The van der Waals surface area contributed by atoms with Gasteiger partial charge < -0.3 is 10.1 Å². The first kappa shape index (κ1) is 17.2. The van der Waals surface area contributed by atoms with Crippen LogP contribution in [0.4, 0.5) is 5.95 Å². The van der Waals surface area contributed by atoms with E-state index in [0.717, 1.165) is 29.2 Å². The van der Waals surface area contributed by atoms with Gasteiger partial charge in [-0.05, 0) is 37.1 Å². The summed E-state index contributed by atoms with van der Waals surface area (Å²) in [7, 11) is 0. The molecule has 2 aromatic carbocycles. The van der Waals surface area contributed by atoms with Gasteiger partial charge in [0.25, 0.3) is 0 Å². The lowest BCUT2D eigenvalue weighted by Gasteiger charge is -2.32. The molecule has 26 heavy (non-hydrogen) atoms. The fourth-order valence-electron chi connectivity index (χ4n) is 3.37. The molecule has 1 aliphatic rings. The molecule has 0 amide bonds. The van der Waals surface area contributed by atoms with Crippen LogP contribution in [0.1, 0.15) is 36.6 Å². The number of ether oxygens (including phenoxy) is 1. The molecule has 1 N–H and O–H groups in total. The fraction of sp³-hybridized carbons (Fsp3) is 0.263. The van der Waals surface area contributed by atoms with Crippen LogP contribution in [-0.4, -0.2) is 21.4 Å². The zero-order chi connectivity index (χ0) is 18.1. The van der Waals surface area contributed by atoms with Gasteiger partial charge in [0.05, 0.1) is 28.7 Å². The molecule has 134 valence electrons. The Morgan fingerprint density at radius 1 is 1.19 bits per heavy atom. The zero-order valence-electron chi connectivity index (χ0n) is 14.2. The molecule has 1 aromatic heterocycles. The quantitative estimate of drug-likeness (QED) is 0.672. The molecule has 2 heterocycles. The Kier molecular flexibility index (Phi) is 4.74. The number of para-hydroxylation sites is 1. The molecule has 0 radical (unpaired) electrons. The number of hydrogen-bond donors (Lipinski definition) is 1. The Bertz CT molecular complexity index is 927. The lowest BCUT2D eigenvalue weighted by atomic mass is 9.93. The zero-order valence-corrected chi connectivity index (χ0v) is 15.7. The molecule has 0 aliphatic carbocycles. The van der Waals surface area contributed by atoms with Gasteiger partial charge in [-0.15, -0.1) is 0 Å². The second kappa shape index (κ2) is 7.17. The van der Waals surface area contributed by atoms with Crippen LogP contribution in [0.15, 0.2) is 48.8 Å². The molecule has 2 atom stereocenters. The predicted octanol–water partition coefficient (Wildman–Crippen LogP) is 5.13. The molecule has 4 rings (SSSR count). The molecule has 7 heteroatoms. The predicted molar refractivity (Wildman–Crippen MR) is 103 cm³/mol. The highest BCUT2D eigenvalue weighted by molar-refractivity contribution is 6.42. The molecule has 0 unspecified atom stereocenters. The average molecular weight is 389 g/mol. The SMILES string of the molecule is CCOc1ccccc1[C@H]1C[C@H](c2ccc(Cl)c(Cl)c2)Nc2ncnn21. The summed E-state index contributed by atoms with van der Waals surface area (Å²) in [5.41, 5.74) is 2.15. The van der Waals surface area contributed by atoms with Crippen molar-refractivity contribution in [2.75, 3.05) is 11.9 Å². The Morgan fingerprint density at radius 2 is 2.04 bits per heavy atom. The van der Waals surface area contributed by atoms with Crippen molar-refractivity contribution in [2.24, 2.45) is 0 Å². The van der Waals surface area contributed by atoms with Crippen molar-refractivity contribution in [1.82, 2.24) is 14.8 Å². The van der Waals surface area contributed by atoms with Gasteiger partial charge in [-0.1, -0.05) is 47.5 Å². The molecule has 0 saturated carbocycles. The van der Waals surface area contributed by atoms with Gasteiger partial charge >= 0.3 is 0 Å². The van der Waals surface area contributed by atoms with Crippen LogP contribution in [0, 0.1) is 0 Å². The molecular weight excluding hydrogens is 371 g/mol. The smallest absolute Gasteiger partial charge is 0.222 e.